The molecule has 2 heterocycles. The third-order valence-corrected chi connectivity index (χ3v) is 2.82. The lowest BCUT2D eigenvalue weighted by Gasteiger charge is -2.29. The van der Waals surface area contributed by atoms with Crippen molar-refractivity contribution in [1.29, 1.82) is 0 Å². The van der Waals surface area contributed by atoms with Gasteiger partial charge in [-0.3, -0.25) is 4.79 Å². The zero-order chi connectivity index (χ0) is 11.5. The second-order valence-electron chi connectivity index (χ2n) is 4.00. The Morgan fingerprint density at radius 1 is 1.50 bits per heavy atom. The average molecular weight is 221 g/mol. The van der Waals surface area contributed by atoms with E-state index in [1.807, 2.05) is 0 Å². The van der Waals surface area contributed by atoms with Crippen LogP contribution < -0.4 is 5.73 Å². The largest absolute Gasteiger partial charge is 0.505 e. The van der Waals surface area contributed by atoms with Crippen LogP contribution >= 0.6 is 0 Å². The summed E-state index contributed by atoms with van der Waals surface area (Å²) in [4.78, 5) is 17.6. The minimum atomic E-state index is -0.218. The second kappa shape index (κ2) is 4.49. The van der Waals surface area contributed by atoms with Crippen molar-refractivity contribution in [1.82, 2.24) is 9.88 Å². The van der Waals surface area contributed by atoms with Gasteiger partial charge in [-0.1, -0.05) is 0 Å². The first-order valence-corrected chi connectivity index (χ1v) is 5.37. The first kappa shape index (κ1) is 10.9. The fraction of sp³-hybridized carbons (Fsp3) is 0.455. The molecule has 1 amide bonds. The van der Waals surface area contributed by atoms with E-state index in [9.17, 15) is 9.90 Å². The standard InChI is InChI=1S/C11H15N3O2/c12-8-3-6-14(7-4-8)11(16)10-9(15)2-1-5-13-10/h1-2,5,8,15H,3-4,6-7,12H2. The van der Waals surface area contributed by atoms with E-state index in [-0.39, 0.29) is 23.4 Å². The lowest BCUT2D eigenvalue weighted by Crippen LogP contribution is -2.43. The Kier molecular flexibility index (Phi) is 3.05. The lowest BCUT2D eigenvalue weighted by molar-refractivity contribution is 0.0705. The number of pyridine rings is 1. The summed E-state index contributed by atoms with van der Waals surface area (Å²) < 4.78 is 0. The van der Waals surface area contributed by atoms with Gasteiger partial charge in [-0.25, -0.2) is 4.98 Å². The van der Waals surface area contributed by atoms with Crippen molar-refractivity contribution in [2.24, 2.45) is 5.73 Å². The topological polar surface area (TPSA) is 79.5 Å². The summed E-state index contributed by atoms with van der Waals surface area (Å²) in [7, 11) is 0. The van der Waals surface area contributed by atoms with Crippen molar-refractivity contribution in [3.8, 4) is 5.75 Å². The second-order valence-corrected chi connectivity index (χ2v) is 4.00. The number of rotatable bonds is 1. The Hall–Kier alpha value is -1.62. The van der Waals surface area contributed by atoms with Crippen LogP contribution in [0.3, 0.4) is 0 Å². The average Bonchev–Trinajstić information content (AvgIpc) is 2.30. The first-order valence-electron chi connectivity index (χ1n) is 5.37. The molecule has 1 aliphatic rings. The van der Waals surface area contributed by atoms with Crippen LogP contribution in [0.4, 0.5) is 0 Å². The van der Waals surface area contributed by atoms with E-state index in [2.05, 4.69) is 4.98 Å². The Balaban J connectivity index is 2.11. The number of hydrogen-bond donors (Lipinski definition) is 2. The fourth-order valence-electron chi connectivity index (χ4n) is 1.81. The van der Waals surface area contributed by atoms with Gasteiger partial charge in [0.25, 0.3) is 5.91 Å². The van der Waals surface area contributed by atoms with Gasteiger partial charge in [0.2, 0.25) is 0 Å². The van der Waals surface area contributed by atoms with Crippen LogP contribution in [0.2, 0.25) is 0 Å². The van der Waals surface area contributed by atoms with E-state index in [1.165, 1.54) is 12.3 Å². The molecule has 0 spiro atoms. The summed E-state index contributed by atoms with van der Waals surface area (Å²) in [5.41, 5.74) is 5.89. The maximum atomic E-state index is 12.0. The molecule has 0 aromatic carbocycles. The molecule has 1 aromatic rings. The van der Waals surface area contributed by atoms with Gasteiger partial charge in [-0.2, -0.15) is 0 Å². The van der Waals surface area contributed by atoms with Crippen LogP contribution in [0, 0.1) is 0 Å². The maximum absolute atomic E-state index is 12.0. The van der Waals surface area contributed by atoms with E-state index >= 15 is 0 Å². The molecule has 0 bridgehead atoms. The molecule has 0 atom stereocenters. The smallest absolute Gasteiger partial charge is 0.276 e. The molecule has 1 aromatic heterocycles. The summed E-state index contributed by atoms with van der Waals surface area (Å²) in [6.07, 6.45) is 3.11. The van der Waals surface area contributed by atoms with Crippen molar-refractivity contribution in [2.75, 3.05) is 13.1 Å². The highest BCUT2D eigenvalue weighted by Gasteiger charge is 2.24. The summed E-state index contributed by atoms with van der Waals surface area (Å²) in [5.74, 6) is -0.285. The van der Waals surface area contributed by atoms with Crippen molar-refractivity contribution in [2.45, 2.75) is 18.9 Å². The van der Waals surface area contributed by atoms with Crippen molar-refractivity contribution < 1.29 is 9.90 Å². The fourth-order valence-corrected chi connectivity index (χ4v) is 1.81. The molecule has 0 radical (unpaired) electrons. The Morgan fingerprint density at radius 2 is 2.19 bits per heavy atom. The van der Waals surface area contributed by atoms with Gasteiger partial charge in [0.1, 0.15) is 5.75 Å². The molecule has 2 rings (SSSR count). The zero-order valence-electron chi connectivity index (χ0n) is 8.97. The van der Waals surface area contributed by atoms with Crippen LogP contribution in [0.25, 0.3) is 0 Å². The predicted octanol–water partition coefficient (Wildman–Crippen LogP) is 0.350. The Labute approximate surface area is 93.9 Å². The van der Waals surface area contributed by atoms with Crippen molar-refractivity contribution >= 4 is 5.91 Å². The van der Waals surface area contributed by atoms with Crippen LogP contribution in [0.15, 0.2) is 18.3 Å². The number of amides is 1. The SMILES string of the molecule is NC1CCN(C(=O)c2ncccc2O)CC1. The lowest BCUT2D eigenvalue weighted by atomic mass is 10.1. The number of piperidine rings is 1. The molecule has 5 heteroatoms. The van der Waals surface area contributed by atoms with Crippen molar-refractivity contribution in [3.05, 3.63) is 24.0 Å². The van der Waals surface area contributed by atoms with E-state index in [0.29, 0.717) is 13.1 Å². The highest BCUT2D eigenvalue weighted by molar-refractivity contribution is 5.94. The molecule has 1 saturated heterocycles. The van der Waals surface area contributed by atoms with E-state index in [0.717, 1.165) is 12.8 Å². The van der Waals surface area contributed by atoms with E-state index < -0.39 is 0 Å². The van der Waals surface area contributed by atoms with E-state index in [4.69, 9.17) is 5.73 Å². The molecular formula is C11H15N3O2. The monoisotopic (exact) mass is 221 g/mol. The van der Waals surface area contributed by atoms with Crippen molar-refractivity contribution in [3.63, 3.8) is 0 Å². The number of nitrogens with zero attached hydrogens (tertiary/aromatic N) is 2. The van der Waals surface area contributed by atoms with Gasteiger partial charge in [0.05, 0.1) is 0 Å². The number of carbonyl (C=O) groups excluding carboxylic acids is 1. The van der Waals surface area contributed by atoms with Gasteiger partial charge in [-0.15, -0.1) is 0 Å². The number of likely N-dealkylation sites (tertiary alicyclic amines) is 1. The molecule has 0 aliphatic carbocycles. The summed E-state index contributed by atoms with van der Waals surface area (Å²) >= 11 is 0. The highest BCUT2D eigenvalue weighted by Crippen LogP contribution is 2.17. The summed E-state index contributed by atoms with van der Waals surface area (Å²) in [6.45, 7) is 1.27. The Bertz CT molecular complexity index is 387. The van der Waals surface area contributed by atoms with Crippen LogP contribution in [-0.2, 0) is 0 Å². The number of carbonyl (C=O) groups is 1. The minimum absolute atomic E-state index is 0.0672. The summed E-state index contributed by atoms with van der Waals surface area (Å²) in [6, 6.07) is 3.25. The molecule has 1 aliphatic heterocycles. The molecule has 0 unspecified atom stereocenters. The first-order chi connectivity index (χ1) is 7.68. The maximum Gasteiger partial charge on any atom is 0.276 e. The Morgan fingerprint density at radius 3 is 2.81 bits per heavy atom. The number of aromatic hydroxyl groups is 1. The molecule has 3 N–H and O–H groups in total. The molecule has 86 valence electrons. The quantitative estimate of drug-likeness (QED) is 0.717. The third kappa shape index (κ3) is 2.14. The number of aromatic nitrogens is 1. The summed E-state index contributed by atoms with van der Waals surface area (Å²) in [5, 5.41) is 9.53. The van der Waals surface area contributed by atoms with Gasteiger partial charge in [-0.05, 0) is 25.0 Å². The molecule has 16 heavy (non-hydrogen) atoms. The third-order valence-electron chi connectivity index (χ3n) is 2.82. The molecule has 0 saturated carbocycles. The molecule has 1 fully saturated rings. The van der Waals surface area contributed by atoms with Gasteiger partial charge in [0.15, 0.2) is 5.69 Å². The van der Waals surface area contributed by atoms with Crippen LogP contribution in [0.5, 0.6) is 5.75 Å². The molecular weight excluding hydrogens is 206 g/mol. The van der Waals surface area contributed by atoms with Gasteiger partial charge in [0, 0.05) is 25.3 Å². The van der Waals surface area contributed by atoms with Crippen LogP contribution in [-0.4, -0.2) is 40.0 Å². The minimum Gasteiger partial charge on any atom is -0.505 e. The number of nitrogens with two attached hydrogens (primary N) is 1. The highest BCUT2D eigenvalue weighted by atomic mass is 16.3. The normalized spacial score (nSPS) is 17.4. The van der Waals surface area contributed by atoms with Gasteiger partial charge < -0.3 is 15.7 Å². The van der Waals surface area contributed by atoms with Gasteiger partial charge >= 0.3 is 0 Å². The number of hydrogen-bond acceptors (Lipinski definition) is 4. The molecule has 5 nitrogen and oxygen atoms in total. The van der Waals surface area contributed by atoms with Crippen LogP contribution in [0.1, 0.15) is 23.3 Å². The predicted molar refractivity (Wildman–Crippen MR) is 59.0 cm³/mol. The van der Waals surface area contributed by atoms with E-state index in [1.54, 1.807) is 11.0 Å². The zero-order valence-corrected chi connectivity index (χ0v) is 8.97.